The summed E-state index contributed by atoms with van der Waals surface area (Å²) in [5.74, 6) is 0.907. The zero-order valence-corrected chi connectivity index (χ0v) is 16.8. The maximum atomic E-state index is 12.6. The Labute approximate surface area is 162 Å². The molecule has 0 bridgehead atoms. The molecule has 3 aromatic rings. The van der Waals surface area contributed by atoms with Gasteiger partial charge in [-0.2, -0.15) is 0 Å². The molecule has 2 aromatic carbocycles. The van der Waals surface area contributed by atoms with Crippen LogP contribution in [0, 0.1) is 13.8 Å². The number of hydrogen-bond donors (Lipinski definition) is 1. The summed E-state index contributed by atoms with van der Waals surface area (Å²) in [6.45, 7) is 6.68. The van der Waals surface area contributed by atoms with Crippen LogP contribution in [0.1, 0.15) is 33.4 Å². The number of thiazole rings is 1. The van der Waals surface area contributed by atoms with E-state index in [0.29, 0.717) is 6.54 Å². The summed E-state index contributed by atoms with van der Waals surface area (Å²) >= 11 is 3.33. The molecule has 134 valence electrons. The second-order valence-corrected chi connectivity index (χ2v) is 8.34. The number of rotatable bonds is 6. The molecule has 1 amide bonds. The molecule has 0 radical (unpaired) electrons. The fraction of sp³-hybridized carbons (Fsp3) is 0.238. The van der Waals surface area contributed by atoms with Crippen molar-refractivity contribution >= 4 is 29.0 Å². The molecular weight excluding hydrogens is 360 g/mol. The highest BCUT2D eigenvalue weighted by molar-refractivity contribution is 7.99. The Morgan fingerprint density at radius 2 is 1.85 bits per heavy atom. The van der Waals surface area contributed by atoms with Crippen LogP contribution in [0.15, 0.2) is 53.4 Å². The Morgan fingerprint density at radius 1 is 1.12 bits per heavy atom. The monoisotopic (exact) mass is 382 g/mol. The summed E-state index contributed by atoms with van der Waals surface area (Å²) in [5.41, 5.74) is 4.08. The van der Waals surface area contributed by atoms with E-state index in [-0.39, 0.29) is 5.91 Å². The molecule has 1 N–H and O–H groups in total. The Balaban J connectivity index is 1.75. The first-order valence-corrected chi connectivity index (χ1v) is 10.4. The third-order valence-electron chi connectivity index (χ3n) is 4.11. The van der Waals surface area contributed by atoms with Gasteiger partial charge in [-0.05, 0) is 37.3 Å². The Kier molecular flexibility index (Phi) is 6.12. The van der Waals surface area contributed by atoms with Gasteiger partial charge in [-0.1, -0.05) is 43.3 Å². The minimum absolute atomic E-state index is 0.0354. The lowest BCUT2D eigenvalue weighted by atomic mass is 10.1. The van der Waals surface area contributed by atoms with Gasteiger partial charge in [-0.15, -0.1) is 23.1 Å². The van der Waals surface area contributed by atoms with Crippen molar-refractivity contribution in [3.8, 4) is 10.6 Å². The predicted molar refractivity (Wildman–Crippen MR) is 111 cm³/mol. The fourth-order valence-corrected chi connectivity index (χ4v) is 4.61. The number of nitrogens with zero attached hydrogens (tertiary/aromatic N) is 1. The molecule has 1 aromatic heterocycles. The van der Waals surface area contributed by atoms with E-state index in [0.717, 1.165) is 37.4 Å². The molecule has 0 saturated heterocycles. The first kappa shape index (κ1) is 18.7. The summed E-state index contributed by atoms with van der Waals surface area (Å²) in [7, 11) is 0. The van der Waals surface area contributed by atoms with Crippen molar-refractivity contribution in [1.29, 1.82) is 0 Å². The van der Waals surface area contributed by atoms with Gasteiger partial charge in [0.2, 0.25) is 0 Å². The number of hydrogen-bond acceptors (Lipinski definition) is 4. The van der Waals surface area contributed by atoms with Crippen molar-refractivity contribution in [3.05, 3.63) is 70.2 Å². The van der Waals surface area contributed by atoms with Gasteiger partial charge >= 0.3 is 0 Å². The Bertz CT molecular complexity index is 918. The van der Waals surface area contributed by atoms with Gasteiger partial charge in [-0.3, -0.25) is 4.79 Å². The third-order valence-corrected chi connectivity index (χ3v) is 6.26. The van der Waals surface area contributed by atoms with Crippen molar-refractivity contribution in [2.45, 2.75) is 32.2 Å². The van der Waals surface area contributed by atoms with Gasteiger partial charge in [0, 0.05) is 15.3 Å². The highest BCUT2D eigenvalue weighted by Crippen LogP contribution is 2.30. The van der Waals surface area contributed by atoms with Gasteiger partial charge < -0.3 is 5.32 Å². The van der Waals surface area contributed by atoms with E-state index in [1.54, 1.807) is 23.1 Å². The third kappa shape index (κ3) is 4.17. The average Bonchev–Trinajstić information content (AvgIpc) is 3.01. The summed E-state index contributed by atoms with van der Waals surface area (Å²) < 4.78 is 0. The summed E-state index contributed by atoms with van der Waals surface area (Å²) in [4.78, 5) is 19.4. The van der Waals surface area contributed by atoms with E-state index < -0.39 is 0 Å². The second-order valence-electron chi connectivity index (χ2n) is 5.95. The van der Waals surface area contributed by atoms with Gasteiger partial charge in [-0.25, -0.2) is 4.98 Å². The van der Waals surface area contributed by atoms with Crippen molar-refractivity contribution in [1.82, 2.24) is 10.3 Å². The molecule has 0 atom stereocenters. The molecule has 0 fully saturated rings. The number of amides is 1. The molecule has 0 aliphatic carbocycles. The standard InChI is InChI=1S/C21H22N2OS2/c1-4-25-18-12-8-7-11-17(18)20(24)22-13-19-15(3)23-21(26-19)16-10-6-5-9-14(16)2/h5-12H,4,13H2,1-3H3,(H,22,24). The summed E-state index contributed by atoms with van der Waals surface area (Å²) in [6.07, 6.45) is 0. The second kappa shape index (κ2) is 8.52. The maximum absolute atomic E-state index is 12.6. The SMILES string of the molecule is CCSc1ccccc1C(=O)NCc1sc(-c2ccccc2C)nc1C. The van der Waals surface area contributed by atoms with Crippen LogP contribution in [-0.2, 0) is 6.54 Å². The quantitative estimate of drug-likeness (QED) is 0.575. The molecule has 26 heavy (non-hydrogen) atoms. The summed E-state index contributed by atoms with van der Waals surface area (Å²) in [5, 5.41) is 4.06. The molecule has 1 heterocycles. The molecule has 3 rings (SSSR count). The fourth-order valence-electron chi connectivity index (χ4n) is 2.71. The number of benzene rings is 2. The number of carbonyl (C=O) groups excluding carboxylic acids is 1. The van der Waals surface area contributed by atoms with Gasteiger partial charge in [0.25, 0.3) is 5.91 Å². The van der Waals surface area contributed by atoms with Crippen LogP contribution in [0.3, 0.4) is 0 Å². The van der Waals surface area contributed by atoms with Crippen LogP contribution >= 0.6 is 23.1 Å². The van der Waals surface area contributed by atoms with E-state index in [4.69, 9.17) is 4.98 Å². The molecular formula is C21H22N2OS2. The maximum Gasteiger partial charge on any atom is 0.252 e. The number of thioether (sulfide) groups is 1. The number of aryl methyl sites for hydroxylation is 2. The van der Waals surface area contributed by atoms with Crippen LogP contribution in [0.5, 0.6) is 0 Å². The normalized spacial score (nSPS) is 10.7. The number of nitrogens with one attached hydrogen (secondary N) is 1. The van der Waals surface area contributed by atoms with Crippen molar-refractivity contribution < 1.29 is 4.79 Å². The molecule has 3 nitrogen and oxygen atoms in total. The van der Waals surface area contributed by atoms with Gasteiger partial charge in [0.15, 0.2) is 0 Å². The van der Waals surface area contributed by atoms with Crippen molar-refractivity contribution in [2.75, 3.05) is 5.75 Å². The highest BCUT2D eigenvalue weighted by Gasteiger charge is 2.14. The Morgan fingerprint density at radius 3 is 2.62 bits per heavy atom. The van der Waals surface area contributed by atoms with E-state index in [1.165, 1.54) is 5.56 Å². The van der Waals surface area contributed by atoms with Crippen LogP contribution < -0.4 is 5.32 Å². The lowest BCUT2D eigenvalue weighted by Gasteiger charge is -2.08. The minimum atomic E-state index is -0.0354. The van der Waals surface area contributed by atoms with Gasteiger partial charge in [0.1, 0.15) is 5.01 Å². The average molecular weight is 383 g/mol. The minimum Gasteiger partial charge on any atom is -0.347 e. The van der Waals surface area contributed by atoms with E-state index in [9.17, 15) is 4.79 Å². The zero-order valence-electron chi connectivity index (χ0n) is 15.2. The van der Waals surface area contributed by atoms with Crippen LogP contribution in [0.2, 0.25) is 0 Å². The highest BCUT2D eigenvalue weighted by atomic mass is 32.2. The molecule has 0 aliphatic rings. The number of aromatic nitrogens is 1. The summed E-state index contributed by atoms with van der Waals surface area (Å²) in [6, 6.07) is 16.0. The first-order chi connectivity index (χ1) is 12.6. The van der Waals surface area contributed by atoms with E-state index in [2.05, 4.69) is 31.3 Å². The van der Waals surface area contributed by atoms with Crippen LogP contribution in [0.4, 0.5) is 0 Å². The molecule has 0 spiro atoms. The van der Waals surface area contributed by atoms with E-state index >= 15 is 0 Å². The zero-order chi connectivity index (χ0) is 18.5. The van der Waals surface area contributed by atoms with Crippen LogP contribution in [-0.4, -0.2) is 16.6 Å². The Hall–Kier alpha value is -2.11. The lowest BCUT2D eigenvalue weighted by Crippen LogP contribution is -2.23. The van der Waals surface area contributed by atoms with Crippen LogP contribution in [0.25, 0.3) is 10.6 Å². The predicted octanol–water partition coefficient (Wildman–Crippen LogP) is 5.47. The topological polar surface area (TPSA) is 42.0 Å². The molecule has 0 unspecified atom stereocenters. The molecule has 0 aliphatic heterocycles. The van der Waals surface area contributed by atoms with Crippen molar-refractivity contribution in [2.24, 2.45) is 0 Å². The largest absolute Gasteiger partial charge is 0.347 e. The van der Waals surface area contributed by atoms with E-state index in [1.807, 2.05) is 43.3 Å². The number of carbonyl (C=O) groups is 1. The van der Waals surface area contributed by atoms with Crippen molar-refractivity contribution in [3.63, 3.8) is 0 Å². The molecule has 0 saturated carbocycles. The first-order valence-electron chi connectivity index (χ1n) is 8.62. The lowest BCUT2D eigenvalue weighted by molar-refractivity contribution is 0.0948. The molecule has 5 heteroatoms. The smallest absolute Gasteiger partial charge is 0.252 e. The van der Waals surface area contributed by atoms with Gasteiger partial charge in [0.05, 0.1) is 17.8 Å².